The number of para-hydroxylation sites is 1. The molecule has 0 saturated heterocycles. The molecule has 1 aromatic carbocycles. The number of hydrogen-bond donors (Lipinski definition) is 0. The van der Waals surface area contributed by atoms with Gasteiger partial charge in [0.25, 0.3) is 0 Å². The summed E-state index contributed by atoms with van der Waals surface area (Å²) in [5, 5.41) is 0.165. The zero-order valence-electron chi connectivity index (χ0n) is 11.7. The zero-order valence-corrected chi connectivity index (χ0v) is 12.5. The largest absolute Gasteiger partial charge is 0.496 e. The lowest BCUT2D eigenvalue weighted by atomic mass is 10.1. The Kier molecular flexibility index (Phi) is 4.16. The van der Waals surface area contributed by atoms with Crippen LogP contribution in [0.3, 0.4) is 0 Å². The van der Waals surface area contributed by atoms with Gasteiger partial charge in [0.15, 0.2) is 5.75 Å². The van der Waals surface area contributed by atoms with E-state index in [1.165, 1.54) is 12.4 Å². The molecule has 2 heterocycles. The third-order valence-corrected chi connectivity index (χ3v) is 3.17. The number of nitrogens with zero attached hydrogens (tertiary/aromatic N) is 3. The molecule has 0 atom stereocenters. The molecule has 0 unspecified atom stereocenters. The fourth-order valence-electron chi connectivity index (χ4n) is 2.01. The highest BCUT2D eigenvalue weighted by Crippen LogP contribution is 2.36. The second-order valence-corrected chi connectivity index (χ2v) is 4.68. The number of aromatic nitrogens is 3. The second kappa shape index (κ2) is 6.41. The van der Waals surface area contributed by atoms with Gasteiger partial charge in [-0.25, -0.2) is 15.0 Å². The summed E-state index contributed by atoms with van der Waals surface area (Å²) in [4.78, 5) is 12.1. The first kappa shape index (κ1) is 14.3. The van der Waals surface area contributed by atoms with Gasteiger partial charge in [0.1, 0.15) is 5.75 Å². The molecule has 0 N–H and O–H groups in total. The number of ether oxygens (including phenoxy) is 2. The van der Waals surface area contributed by atoms with Gasteiger partial charge in [0.2, 0.25) is 11.2 Å². The molecule has 6 heteroatoms. The number of hydrogen-bond acceptors (Lipinski definition) is 5. The number of halogens is 1. The third kappa shape index (κ3) is 2.99. The third-order valence-electron chi connectivity index (χ3n) is 2.98. The monoisotopic (exact) mass is 313 g/mol. The summed E-state index contributed by atoms with van der Waals surface area (Å²) < 4.78 is 11.2. The summed E-state index contributed by atoms with van der Waals surface area (Å²) in [7, 11) is 1.63. The molecule has 0 aliphatic carbocycles. The lowest BCUT2D eigenvalue weighted by Crippen LogP contribution is -1.94. The van der Waals surface area contributed by atoms with Crippen molar-refractivity contribution in [1.82, 2.24) is 15.0 Å². The highest BCUT2D eigenvalue weighted by molar-refractivity contribution is 6.28. The highest BCUT2D eigenvalue weighted by Gasteiger charge is 2.12. The van der Waals surface area contributed by atoms with E-state index in [4.69, 9.17) is 21.1 Å². The van der Waals surface area contributed by atoms with Crippen LogP contribution in [0.25, 0.3) is 11.1 Å². The van der Waals surface area contributed by atoms with E-state index in [1.807, 2.05) is 36.4 Å². The Morgan fingerprint density at radius 2 is 1.64 bits per heavy atom. The summed E-state index contributed by atoms with van der Waals surface area (Å²) in [6.45, 7) is 0. The van der Waals surface area contributed by atoms with Gasteiger partial charge >= 0.3 is 0 Å². The summed E-state index contributed by atoms with van der Waals surface area (Å²) in [5.74, 6) is 1.64. The van der Waals surface area contributed by atoms with Crippen molar-refractivity contribution in [3.05, 3.63) is 60.3 Å². The van der Waals surface area contributed by atoms with E-state index < -0.39 is 0 Å². The van der Waals surface area contributed by atoms with Gasteiger partial charge in [-0.3, -0.25) is 0 Å². The van der Waals surface area contributed by atoms with E-state index in [0.29, 0.717) is 11.6 Å². The molecular formula is C16H12ClN3O2. The van der Waals surface area contributed by atoms with E-state index in [2.05, 4.69) is 15.0 Å². The van der Waals surface area contributed by atoms with Gasteiger partial charge in [0.05, 0.1) is 19.5 Å². The van der Waals surface area contributed by atoms with Gasteiger partial charge in [-0.15, -0.1) is 0 Å². The fourth-order valence-corrected chi connectivity index (χ4v) is 2.11. The minimum Gasteiger partial charge on any atom is -0.496 e. The first-order valence-electron chi connectivity index (χ1n) is 6.52. The van der Waals surface area contributed by atoms with Gasteiger partial charge in [0, 0.05) is 17.3 Å². The Hall–Kier alpha value is -2.66. The van der Waals surface area contributed by atoms with Crippen LogP contribution in [0.5, 0.6) is 17.4 Å². The van der Waals surface area contributed by atoms with Crippen LogP contribution >= 0.6 is 11.6 Å². The normalized spacial score (nSPS) is 10.3. The van der Waals surface area contributed by atoms with E-state index in [0.717, 1.165) is 16.9 Å². The van der Waals surface area contributed by atoms with Crippen molar-refractivity contribution < 1.29 is 9.47 Å². The topological polar surface area (TPSA) is 57.1 Å². The van der Waals surface area contributed by atoms with Gasteiger partial charge in [-0.1, -0.05) is 18.2 Å². The van der Waals surface area contributed by atoms with E-state index in [9.17, 15) is 0 Å². The van der Waals surface area contributed by atoms with Crippen molar-refractivity contribution in [1.29, 1.82) is 0 Å². The molecular weight excluding hydrogens is 302 g/mol. The number of benzene rings is 1. The number of pyridine rings is 1. The maximum absolute atomic E-state index is 5.77. The van der Waals surface area contributed by atoms with Crippen LogP contribution in [-0.4, -0.2) is 22.1 Å². The van der Waals surface area contributed by atoms with E-state index >= 15 is 0 Å². The quantitative estimate of drug-likeness (QED) is 0.682. The molecule has 0 saturated carbocycles. The molecule has 3 rings (SSSR count). The van der Waals surface area contributed by atoms with Crippen LogP contribution in [0.4, 0.5) is 0 Å². The standard InChI is InChI=1S/C16H12ClN3O2/c1-21-14-7-3-2-5-12(14)13-6-4-8-18-15(13)22-11-9-19-16(17)20-10-11/h2-10H,1H3. The minimum absolute atomic E-state index is 0.165. The second-order valence-electron chi connectivity index (χ2n) is 4.35. The van der Waals surface area contributed by atoms with Crippen molar-refractivity contribution in [2.75, 3.05) is 7.11 Å². The van der Waals surface area contributed by atoms with Gasteiger partial charge < -0.3 is 9.47 Å². The smallest absolute Gasteiger partial charge is 0.227 e. The number of methoxy groups -OCH3 is 1. The van der Waals surface area contributed by atoms with E-state index in [1.54, 1.807) is 13.3 Å². The molecule has 5 nitrogen and oxygen atoms in total. The Balaban J connectivity index is 2.01. The predicted octanol–water partition coefficient (Wildman–Crippen LogP) is 3.99. The number of rotatable bonds is 4. The summed E-state index contributed by atoms with van der Waals surface area (Å²) in [5.41, 5.74) is 1.71. The molecule has 0 amide bonds. The fraction of sp³-hybridized carbons (Fsp3) is 0.0625. The highest BCUT2D eigenvalue weighted by atomic mass is 35.5. The van der Waals surface area contributed by atoms with Crippen LogP contribution < -0.4 is 9.47 Å². The first-order valence-corrected chi connectivity index (χ1v) is 6.89. The Morgan fingerprint density at radius 3 is 2.41 bits per heavy atom. The summed E-state index contributed by atoms with van der Waals surface area (Å²) >= 11 is 5.67. The molecule has 0 bridgehead atoms. The van der Waals surface area contributed by atoms with Gasteiger partial charge in [-0.05, 0) is 29.8 Å². The molecule has 3 aromatic rings. The molecule has 0 spiro atoms. The zero-order chi connectivity index (χ0) is 15.4. The molecule has 0 fully saturated rings. The molecule has 110 valence electrons. The van der Waals surface area contributed by atoms with Crippen LogP contribution in [0.2, 0.25) is 5.28 Å². The van der Waals surface area contributed by atoms with Crippen molar-refractivity contribution in [3.63, 3.8) is 0 Å². The molecule has 0 aliphatic rings. The lowest BCUT2D eigenvalue weighted by molar-refractivity contribution is 0.415. The van der Waals surface area contributed by atoms with Crippen LogP contribution in [0, 0.1) is 0 Å². The van der Waals surface area contributed by atoms with Crippen molar-refractivity contribution in [3.8, 4) is 28.5 Å². The Bertz CT molecular complexity index is 778. The maximum Gasteiger partial charge on any atom is 0.227 e. The average Bonchev–Trinajstić information content (AvgIpc) is 2.57. The van der Waals surface area contributed by atoms with Crippen molar-refractivity contribution in [2.45, 2.75) is 0 Å². The predicted molar refractivity (Wildman–Crippen MR) is 83.3 cm³/mol. The summed E-state index contributed by atoms with van der Waals surface area (Å²) in [6.07, 6.45) is 4.65. The molecule has 0 radical (unpaired) electrons. The SMILES string of the molecule is COc1ccccc1-c1cccnc1Oc1cnc(Cl)nc1. The minimum atomic E-state index is 0.165. The van der Waals surface area contributed by atoms with Crippen molar-refractivity contribution >= 4 is 11.6 Å². The Labute approximate surface area is 132 Å². The molecule has 22 heavy (non-hydrogen) atoms. The molecule has 0 aliphatic heterocycles. The van der Waals surface area contributed by atoms with Gasteiger partial charge in [-0.2, -0.15) is 0 Å². The van der Waals surface area contributed by atoms with Crippen molar-refractivity contribution in [2.24, 2.45) is 0 Å². The lowest BCUT2D eigenvalue weighted by Gasteiger charge is -2.12. The molecule has 2 aromatic heterocycles. The average molecular weight is 314 g/mol. The maximum atomic E-state index is 5.77. The summed E-state index contributed by atoms with van der Waals surface area (Å²) in [6, 6.07) is 11.4. The van der Waals surface area contributed by atoms with Crippen LogP contribution in [0.1, 0.15) is 0 Å². The van der Waals surface area contributed by atoms with E-state index in [-0.39, 0.29) is 5.28 Å². The van der Waals surface area contributed by atoms with Crippen LogP contribution in [0.15, 0.2) is 55.0 Å². The van der Waals surface area contributed by atoms with Crippen LogP contribution in [-0.2, 0) is 0 Å². The first-order chi connectivity index (χ1) is 10.8. The Morgan fingerprint density at radius 1 is 0.909 bits per heavy atom.